The van der Waals surface area contributed by atoms with Crippen molar-refractivity contribution in [3.63, 3.8) is 0 Å². The number of methoxy groups -OCH3 is 1. The van der Waals surface area contributed by atoms with E-state index in [4.69, 9.17) is 16.3 Å². The van der Waals surface area contributed by atoms with E-state index in [1.165, 1.54) is 19.2 Å². The van der Waals surface area contributed by atoms with Crippen molar-refractivity contribution in [1.82, 2.24) is 0 Å². The fourth-order valence-corrected chi connectivity index (χ4v) is 2.29. The lowest BCUT2D eigenvalue weighted by Crippen LogP contribution is -2.05. The first-order chi connectivity index (χ1) is 9.04. The van der Waals surface area contributed by atoms with Gasteiger partial charge in [0.25, 0.3) is 0 Å². The van der Waals surface area contributed by atoms with Gasteiger partial charge in [-0.25, -0.2) is 4.39 Å². The van der Waals surface area contributed by atoms with Gasteiger partial charge in [0.1, 0.15) is 17.7 Å². The molecule has 0 saturated carbocycles. The number of ether oxygens (including phenoxy) is 1. The molecule has 2 rings (SSSR count). The van der Waals surface area contributed by atoms with Crippen molar-refractivity contribution < 1.29 is 14.2 Å². The predicted octanol–water partition coefficient (Wildman–Crippen LogP) is 3.88. The molecule has 0 aliphatic carbocycles. The van der Waals surface area contributed by atoms with E-state index in [0.717, 1.165) is 5.56 Å². The lowest BCUT2D eigenvalue weighted by molar-refractivity contribution is 0.213. The van der Waals surface area contributed by atoms with Crippen molar-refractivity contribution in [2.45, 2.75) is 13.0 Å². The Hall–Kier alpha value is -1.58. The normalized spacial score (nSPS) is 12.3. The number of rotatable bonds is 3. The number of benzene rings is 2. The summed E-state index contributed by atoms with van der Waals surface area (Å²) >= 11 is 6.11. The molecule has 0 heterocycles. The Morgan fingerprint density at radius 1 is 1.26 bits per heavy atom. The van der Waals surface area contributed by atoms with Crippen LogP contribution in [0.1, 0.15) is 22.8 Å². The van der Waals surface area contributed by atoms with Crippen molar-refractivity contribution in [3.05, 3.63) is 63.9 Å². The number of aliphatic hydroxyl groups is 1. The summed E-state index contributed by atoms with van der Waals surface area (Å²) in [5.41, 5.74) is 1.71. The molecule has 4 heteroatoms. The lowest BCUT2D eigenvalue weighted by atomic mass is 9.96. The minimum Gasteiger partial charge on any atom is -0.496 e. The Bertz CT molecular complexity index is 599. The zero-order valence-corrected chi connectivity index (χ0v) is 11.4. The molecule has 2 aromatic rings. The number of hydrogen-bond donors (Lipinski definition) is 1. The van der Waals surface area contributed by atoms with Gasteiger partial charge in [-0.15, -0.1) is 0 Å². The summed E-state index contributed by atoms with van der Waals surface area (Å²) < 4.78 is 18.5. The fourth-order valence-electron chi connectivity index (χ4n) is 2.02. The van der Waals surface area contributed by atoms with E-state index >= 15 is 0 Å². The highest BCUT2D eigenvalue weighted by atomic mass is 35.5. The van der Waals surface area contributed by atoms with E-state index in [9.17, 15) is 9.50 Å². The molecule has 2 aromatic carbocycles. The van der Waals surface area contributed by atoms with Crippen LogP contribution in [-0.4, -0.2) is 12.2 Å². The second kappa shape index (κ2) is 5.59. The summed E-state index contributed by atoms with van der Waals surface area (Å²) in [6.45, 7) is 1.81. The van der Waals surface area contributed by atoms with Crippen LogP contribution in [0.4, 0.5) is 4.39 Å². The Balaban J connectivity index is 2.55. The van der Waals surface area contributed by atoms with E-state index in [1.54, 1.807) is 31.2 Å². The molecule has 0 aromatic heterocycles. The molecule has 100 valence electrons. The van der Waals surface area contributed by atoms with Crippen LogP contribution in [0.2, 0.25) is 5.02 Å². The van der Waals surface area contributed by atoms with Gasteiger partial charge >= 0.3 is 0 Å². The van der Waals surface area contributed by atoms with Crippen molar-refractivity contribution >= 4 is 11.6 Å². The zero-order chi connectivity index (χ0) is 14.0. The number of aliphatic hydroxyl groups excluding tert-OH is 1. The van der Waals surface area contributed by atoms with Crippen LogP contribution >= 0.6 is 11.6 Å². The van der Waals surface area contributed by atoms with Crippen LogP contribution in [-0.2, 0) is 0 Å². The van der Waals surface area contributed by atoms with Crippen LogP contribution in [0.25, 0.3) is 0 Å². The van der Waals surface area contributed by atoms with Gasteiger partial charge in [-0.1, -0.05) is 23.7 Å². The molecule has 0 bridgehead atoms. The van der Waals surface area contributed by atoms with Crippen molar-refractivity contribution in [2.75, 3.05) is 7.11 Å². The van der Waals surface area contributed by atoms with E-state index in [1.807, 2.05) is 0 Å². The second-order valence-corrected chi connectivity index (χ2v) is 4.67. The molecule has 0 radical (unpaired) electrons. The highest BCUT2D eigenvalue weighted by Crippen LogP contribution is 2.36. The summed E-state index contributed by atoms with van der Waals surface area (Å²) in [5.74, 6) is 0.0781. The molecule has 19 heavy (non-hydrogen) atoms. The van der Waals surface area contributed by atoms with Crippen LogP contribution in [0.3, 0.4) is 0 Å². The largest absolute Gasteiger partial charge is 0.496 e. The van der Waals surface area contributed by atoms with Gasteiger partial charge in [0.2, 0.25) is 0 Å². The quantitative estimate of drug-likeness (QED) is 0.924. The molecule has 2 nitrogen and oxygen atoms in total. The second-order valence-electron chi connectivity index (χ2n) is 4.26. The van der Waals surface area contributed by atoms with Crippen molar-refractivity contribution in [2.24, 2.45) is 0 Å². The average Bonchev–Trinajstić information content (AvgIpc) is 2.40. The Labute approximate surface area is 116 Å². The third kappa shape index (κ3) is 2.72. The first-order valence-electron chi connectivity index (χ1n) is 5.81. The summed E-state index contributed by atoms with van der Waals surface area (Å²) in [4.78, 5) is 0. The molecular weight excluding hydrogens is 267 g/mol. The Kier molecular flexibility index (Phi) is 4.08. The maximum absolute atomic E-state index is 13.3. The van der Waals surface area contributed by atoms with Crippen LogP contribution in [0.15, 0.2) is 36.4 Å². The molecule has 0 fully saturated rings. The molecule has 0 spiro atoms. The smallest absolute Gasteiger partial charge is 0.126 e. The first-order valence-corrected chi connectivity index (χ1v) is 6.19. The minimum absolute atomic E-state index is 0.385. The molecule has 1 atom stereocenters. The van der Waals surface area contributed by atoms with Crippen LogP contribution in [0.5, 0.6) is 5.75 Å². The number of hydrogen-bond acceptors (Lipinski definition) is 2. The number of aryl methyl sites for hydroxylation is 1. The van der Waals surface area contributed by atoms with E-state index in [2.05, 4.69) is 0 Å². The molecule has 0 aliphatic heterocycles. The van der Waals surface area contributed by atoms with Gasteiger partial charge in [0.05, 0.1) is 12.1 Å². The van der Waals surface area contributed by atoms with Gasteiger partial charge in [0.15, 0.2) is 0 Å². The fraction of sp³-hybridized carbons (Fsp3) is 0.200. The standard InChI is InChI=1S/C15H14ClFO2/c1-9-6-7-10(17)8-11(9)15(18)14-12(16)4-3-5-13(14)19-2/h3-8,15,18H,1-2H3. The maximum atomic E-state index is 13.3. The van der Waals surface area contributed by atoms with Gasteiger partial charge < -0.3 is 9.84 Å². The SMILES string of the molecule is COc1cccc(Cl)c1C(O)c1cc(F)ccc1C. The van der Waals surface area contributed by atoms with E-state index in [0.29, 0.717) is 21.9 Å². The molecule has 0 saturated heterocycles. The van der Waals surface area contributed by atoms with Gasteiger partial charge in [-0.05, 0) is 42.3 Å². The average molecular weight is 281 g/mol. The molecule has 0 aliphatic rings. The number of halogens is 2. The Morgan fingerprint density at radius 3 is 2.68 bits per heavy atom. The highest BCUT2D eigenvalue weighted by Gasteiger charge is 2.20. The van der Waals surface area contributed by atoms with Crippen molar-refractivity contribution in [3.8, 4) is 5.75 Å². The van der Waals surface area contributed by atoms with Gasteiger partial charge in [-0.2, -0.15) is 0 Å². The monoisotopic (exact) mass is 280 g/mol. The third-order valence-electron chi connectivity index (χ3n) is 3.04. The summed E-state index contributed by atoms with van der Waals surface area (Å²) in [6.07, 6.45) is -1.03. The first kappa shape index (κ1) is 13.8. The lowest BCUT2D eigenvalue weighted by Gasteiger charge is -2.18. The molecule has 1 N–H and O–H groups in total. The maximum Gasteiger partial charge on any atom is 0.126 e. The van der Waals surface area contributed by atoms with Crippen LogP contribution in [0, 0.1) is 12.7 Å². The zero-order valence-electron chi connectivity index (χ0n) is 10.7. The van der Waals surface area contributed by atoms with E-state index < -0.39 is 11.9 Å². The van der Waals surface area contributed by atoms with Gasteiger partial charge in [-0.3, -0.25) is 0 Å². The minimum atomic E-state index is -1.03. The molecule has 1 unspecified atom stereocenters. The molecular formula is C15H14ClFO2. The molecule has 0 amide bonds. The predicted molar refractivity (Wildman–Crippen MR) is 73.2 cm³/mol. The summed E-state index contributed by atoms with van der Waals surface area (Å²) in [5, 5.41) is 10.8. The van der Waals surface area contributed by atoms with E-state index in [-0.39, 0.29) is 0 Å². The summed E-state index contributed by atoms with van der Waals surface area (Å²) in [7, 11) is 1.50. The van der Waals surface area contributed by atoms with Crippen LogP contribution < -0.4 is 4.74 Å². The van der Waals surface area contributed by atoms with Crippen molar-refractivity contribution in [1.29, 1.82) is 0 Å². The third-order valence-corrected chi connectivity index (χ3v) is 3.37. The summed E-state index contributed by atoms with van der Waals surface area (Å²) in [6, 6.07) is 9.39. The Morgan fingerprint density at radius 2 is 2.00 bits per heavy atom. The van der Waals surface area contributed by atoms with Gasteiger partial charge in [0, 0.05) is 5.56 Å². The topological polar surface area (TPSA) is 29.5 Å². The highest BCUT2D eigenvalue weighted by molar-refractivity contribution is 6.31.